The Labute approximate surface area is 117 Å². The van der Waals surface area contributed by atoms with Gasteiger partial charge < -0.3 is 4.42 Å². The highest BCUT2D eigenvalue weighted by molar-refractivity contribution is 5.92. The summed E-state index contributed by atoms with van der Waals surface area (Å²) < 4.78 is 5.21. The maximum Gasteiger partial charge on any atom is 0.301 e. The number of nitrogens with zero attached hydrogens (tertiary/aromatic N) is 1. The predicted octanol–water partition coefficient (Wildman–Crippen LogP) is 1.44. The lowest BCUT2D eigenvalue weighted by Crippen LogP contribution is -2.33. The van der Waals surface area contributed by atoms with Crippen LogP contribution in [0.5, 0.6) is 0 Å². The van der Waals surface area contributed by atoms with Crippen LogP contribution in [0.3, 0.4) is 0 Å². The van der Waals surface area contributed by atoms with Crippen LogP contribution in [0.2, 0.25) is 0 Å². The van der Waals surface area contributed by atoms with Gasteiger partial charge in [0, 0.05) is 25.2 Å². The van der Waals surface area contributed by atoms with Gasteiger partial charge >= 0.3 is 5.91 Å². The normalized spacial score (nSPS) is 14.8. The molecule has 1 aliphatic rings. The first kappa shape index (κ1) is 12.9. The van der Waals surface area contributed by atoms with E-state index in [4.69, 9.17) is 10.3 Å². The number of nitrogens with two attached hydrogens (primary N) is 1. The molecular formula is C15H17N3O2. The number of nitrogens with one attached hydrogen (secondary N) is 1. The average molecular weight is 271 g/mol. The fraction of sp³-hybridized carbons (Fsp3) is 0.267. The summed E-state index contributed by atoms with van der Waals surface area (Å²) in [6.45, 7) is 2.56. The van der Waals surface area contributed by atoms with Crippen LogP contribution in [0, 0.1) is 0 Å². The van der Waals surface area contributed by atoms with Crippen molar-refractivity contribution in [1.82, 2.24) is 10.3 Å². The number of carbonyl (C=O) groups is 1. The van der Waals surface area contributed by atoms with Gasteiger partial charge in [0.2, 0.25) is 0 Å². The lowest BCUT2D eigenvalue weighted by molar-refractivity contribution is 0.0922. The third-order valence-electron chi connectivity index (χ3n) is 3.69. The number of nitrogen functional groups attached to an aromatic ring is 1. The number of carbonyl (C=O) groups excluding carboxylic acids is 1. The molecule has 0 bridgehead atoms. The van der Waals surface area contributed by atoms with Crippen molar-refractivity contribution in [3.05, 3.63) is 59.0 Å². The Hall–Kier alpha value is -2.11. The summed E-state index contributed by atoms with van der Waals surface area (Å²) in [6.07, 6.45) is 2.56. The molecular weight excluding hydrogens is 254 g/mol. The second-order valence-electron chi connectivity index (χ2n) is 4.98. The fourth-order valence-electron chi connectivity index (χ4n) is 2.65. The highest BCUT2D eigenvalue weighted by Gasteiger charge is 2.20. The van der Waals surface area contributed by atoms with Crippen LogP contribution in [0.1, 0.15) is 27.2 Å². The van der Waals surface area contributed by atoms with Crippen LogP contribution >= 0.6 is 0 Å². The molecule has 1 amide bonds. The highest BCUT2D eigenvalue weighted by atomic mass is 16.3. The molecule has 20 heavy (non-hydrogen) atoms. The van der Waals surface area contributed by atoms with E-state index in [-0.39, 0.29) is 5.91 Å². The molecule has 0 saturated heterocycles. The van der Waals surface area contributed by atoms with Crippen LogP contribution in [-0.2, 0) is 19.5 Å². The first-order chi connectivity index (χ1) is 9.78. The summed E-state index contributed by atoms with van der Waals surface area (Å²) in [5.41, 5.74) is 5.74. The molecule has 1 aliphatic heterocycles. The maximum absolute atomic E-state index is 11.6. The van der Waals surface area contributed by atoms with E-state index in [0.29, 0.717) is 12.3 Å². The Morgan fingerprint density at radius 2 is 2.10 bits per heavy atom. The molecule has 0 atom stereocenters. The van der Waals surface area contributed by atoms with Crippen molar-refractivity contribution < 1.29 is 9.21 Å². The van der Waals surface area contributed by atoms with Gasteiger partial charge in [0.15, 0.2) is 5.76 Å². The molecule has 0 radical (unpaired) electrons. The summed E-state index contributed by atoms with van der Waals surface area (Å²) >= 11 is 0. The van der Waals surface area contributed by atoms with Gasteiger partial charge in [0.1, 0.15) is 0 Å². The highest BCUT2D eigenvalue weighted by Crippen LogP contribution is 2.21. The number of furan rings is 1. The van der Waals surface area contributed by atoms with Crippen LogP contribution in [0.15, 0.2) is 41.0 Å². The van der Waals surface area contributed by atoms with E-state index in [0.717, 1.165) is 25.1 Å². The minimum absolute atomic E-state index is 0.298. The number of hydrogen-bond acceptors (Lipinski definition) is 4. The van der Waals surface area contributed by atoms with Crippen molar-refractivity contribution in [3.8, 4) is 0 Å². The summed E-state index contributed by atoms with van der Waals surface area (Å²) in [5.74, 6) is 5.07. The molecule has 1 aromatic carbocycles. The molecule has 5 nitrogen and oxygen atoms in total. The summed E-state index contributed by atoms with van der Waals surface area (Å²) in [6, 6.07) is 10.3. The van der Waals surface area contributed by atoms with Crippen molar-refractivity contribution in [3.63, 3.8) is 0 Å². The molecule has 2 aromatic rings. The van der Waals surface area contributed by atoms with Crippen LogP contribution in [0.25, 0.3) is 0 Å². The van der Waals surface area contributed by atoms with Crippen molar-refractivity contribution in [2.45, 2.75) is 19.5 Å². The largest absolute Gasteiger partial charge is 0.459 e. The summed E-state index contributed by atoms with van der Waals surface area (Å²) in [4.78, 5) is 13.9. The SMILES string of the molecule is NNC(=O)c1occc1CN1CCc2ccccc2C1. The van der Waals surface area contributed by atoms with E-state index in [2.05, 4.69) is 34.6 Å². The van der Waals surface area contributed by atoms with Gasteiger partial charge in [-0.25, -0.2) is 5.84 Å². The average Bonchev–Trinajstić information content (AvgIpc) is 2.94. The van der Waals surface area contributed by atoms with Gasteiger partial charge in [-0.2, -0.15) is 0 Å². The lowest BCUT2D eigenvalue weighted by atomic mass is 9.99. The number of amides is 1. The number of hydrazine groups is 1. The second kappa shape index (κ2) is 5.48. The molecule has 0 fully saturated rings. The molecule has 0 aliphatic carbocycles. The quantitative estimate of drug-likeness (QED) is 0.503. The predicted molar refractivity (Wildman–Crippen MR) is 74.6 cm³/mol. The minimum Gasteiger partial charge on any atom is -0.459 e. The van der Waals surface area contributed by atoms with Crippen molar-refractivity contribution >= 4 is 5.91 Å². The molecule has 2 heterocycles. The smallest absolute Gasteiger partial charge is 0.301 e. The summed E-state index contributed by atoms with van der Waals surface area (Å²) in [7, 11) is 0. The third kappa shape index (κ3) is 2.45. The molecule has 104 valence electrons. The molecule has 3 N–H and O–H groups in total. The zero-order valence-corrected chi connectivity index (χ0v) is 11.1. The zero-order chi connectivity index (χ0) is 13.9. The number of hydrogen-bond donors (Lipinski definition) is 2. The Morgan fingerprint density at radius 1 is 1.30 bits per heavy atom. The van der Waals surface area contributed by atoms with Crippen LogP contribution in [0.4, 0.5) is 0 Å². The van der Waals surface area contributed by atoms with Gasteiger partial charge in [-0.1, -0.05) is 24.3 Å². The molecule has 0 unspecified atom stereocenters. The van der Waals surface area contributed by atoms with Crippen molar-refractivity contribution in [2.75, 3.05) is 6.54 Å². The van der Waals surface area contributed by atoms with E-state index >= 15 is 0 Å². The van der Waals surface area contributed by atoms with Crippen LogP contribution in [-0.4, -0.2) is 17.4 Å². The Morgan fingerprint density at radius 3 is 2.90 bits per heavy atom. The van der Waals surface area contributed by atoms with Gasteiger partial charge in [0.05, 0.1) is 6.26 Å². The molecule has 5 heteroatoms. The van der Waals surface area contributed by atoms with Gasteiger partial charge in [-0.3, -0.25) is 15.1 Å². The van der Waals surface area contributed by atoms with E-state index in [9.17, 15) is 4.79 Å². The Balaban J connectivity index is 1.74. The van der Waals surface area contributed by atoms with E-state index in [1.165, 1.54) is 17.4 Å². The topological polar surface area (TPSA) is 71.5 Å². The number of benzene rings is 1. The zero-order valence-electron chi connectivity index (χ0n) is 11.1. The lowest BCUT2D eigenvalue weighted by Gasteiger charge is -2.28. The summed E-state index contributed by atoms with van der Waals surface area (Å²) in [5, 5.41) is 0. The Bertz CT molecular complexity index is 621. The van der Waals surface area contributed by atoms with Gasteiger partial charge in [0.25, 0.3) is 0 Å². The molecule has 0 saturated carbocycles. The minimum atomic E-state index is -0.387. The van der Waals surface area contributed by atoms with Gasteiger partial charge in [-0.05, 0) is 23.6 Å². The van der Waals surface area contributed by atoms with Crippen molar-refractivity contribution in [1.29, 1.82) is 0 Å². The first-order valence-corrected chi connectivity index (χ1v) is 6.64. The number of fused-ring (bicyclic) bond motifs is 1. The molecule has 3 rings (SSSR count). The van der Waals surface area contributed by atoms with Crippen molar-refractivity contribution in [2.24, 2.45) is 5.84 Å². The van der Waals surface area contributed by atoms with E-state index in [1.807, 2.05) is 6.07 Å². The maximum atomic E-state index is 11.6. The third-order valence-corrected chi connectivity index (χ3v) is 3.69. The monoisotopic (exact) mass is 271 g/mol. The Kier molecular flexibility index (Phi) is 3.54. The van der Waals surface area contributed by atoms with Gasteiger partial charge in [-0.15, -0.1) is 0 Å². The van der Waals surface area contributed by atoms with Crippen LogP contribution < -0.4 is 11.3 Å². The molecule has 1 aromatic heterocycles. The second-order valence-corrected chi connectivity index (χ2v) is 4.98. The van der Waals surface area contributed by atoms with E-state index < -0.39 is 0 Å². The molecule has 0 spiro atoms. The standard InChI is InChI=1S/C15H17N3O2/c16-17-15(19)14-13(6-8-20-14)10-18-7-5-11-3-1-2-4-12(11)9-18/h1-4,6,8H,5,7,9-10,16H2,(H,17,19). The fourth-order valence-corrected chi connectivity index (χ4v) is 2.65. The first-order valence-electron chi connectivity index (χ1n) is 6.64. The number of rotatable bonds is 3. The van der Waals surface area contributed by atoms with E-state index in [1.54, 1.807) is 0 Å².